The molecule has 1 fully saturated rings. The number of halogens is 5. The number of amides is 2. The van der Waals surface area contributed by atoms with Crippen LogP contribution in [-0.4, -0.2) is 53.2 Å². The molecule has 1 aromatic carbocycles. The Balaban J connectivity index is 2.37. The molecule has 1 aliphatic rings. The molecule has 10 heteroatoms. The largest absolute Gasteiger partial charge is 0.471 e. The molecule has 0 saturated carbocycles. The van der Waals surface area contributed by atoms with Gasteiger partial charge in [0.2, 0.25) is 0 Å². The normalized spacial score (nSPS) is 18.4. The standard InChI is InChI=1S/C17H19BrClF3N2O3/c1-16(2,3)27-15(26)24-5-4-23(14(25)17(20,21)22)9-13(24)10-6-11(18)8-12(19)7-10/h6-8,13H,4-5,9H2,1-3H3. The maximum Gasteiger partial charge on any atom is 0.471 e. The van der Waals surface area contributed by atoms with E-state index in [0.717, 1.165) is 0 Å². The van der Waals surface area contributed by atoms with Crippen LogP contribution in [0.25, 0.3) is 0 Å². The van der Waals surface area contributed by atoms with Gasteiger partial charge in [-0.05, 0) is 44.5 Å². The lowest BCUT2D eigenvalue weighted by molar-refractivity contribution is -0.188. The third kappa shape index (κ3) is 5.75. The molecule has 0 spiro atoms. The van der Waals surface area contributed by atoms with E-state index in [9.17, 15) is 22.8 Å². The Labute approximate surface area is 168 Å². The number of hydrogen-bond acceptors (Lipinski definition) is 3. The number of nitrogens with zero attached hydrogens (tertiary/aromatic N) is 2. The first kappa shape index (κ1) is 21.8. The monoisotopic (exact) mass is 470 g/mol. The summed E-state index contributed by atoms with van der Waals surface area (Å²) >= 11 is 9.33. The molecule has 0 aliphatic carbocycles. The second-order valence-corrected chi connectivity index (χ2v) is 8.49. The highest BCUT2D eigenvalue weighted by Crippen LogP contribution is 2.32. The second kappa shape index (κ2) is 7.87. The molecule has 5 nitrogen and oxygen atoms in total. The molecular weight excluding hydrogens is 453 g/mol. The van der Waals surface area contributed by atoms with Crippen LogP contribution < -0.4 is 0 Å². The Morgan fingerprint density at radius 3 is 2.33 bits per heavy atom. The topological polar surface area (TPSA) is 49.9 Å². The zero-order valence-electron chi connectivity index (χ0n) is 14.9. The van der Waals surface area contributed by atoms with Crippen LogP contribution in [0.3, 0.4) is 0 Å². The fourth-order valence-electron chi connectivity index (χ4n) is 2.74. The van der Waals surface area contributed by atoms with E-state index in [1.165, 1.54) is 4.90 Å². The summed E-state index contributed by atoms with van der Waals surface area (Å²) in [5.41, 5.74) is -0.268. The maximum atomic E-state index is 12.8. The van der Waals surface area contributed by atoms with Crippen LogP contribution in [0.2, 0.25) is 5.02 Å². The van der Waals surface area contributed by atoms with Crippen molar-refractivity contribution in [3.05, 3.63) is 33.3 Å². The van der Waals surface area contributed by atoms with Gasteiger partial charge in [0, 0.05) is 29.1 Å². The number of ether oxygens (including phenoxy) is 1. The summed E-state index contributed by atoms with van der Waals surface area (Å²) in [6.07, 6.45) is -5.64. The zero-order valence-corrected chi connectivity index (χ0v) is 17.3. The summed E-state index contributed by atoms with van der Waals surface area (Å²) in [6, 6.07) is 3.99. The van der Waals surface area contributed by atoms with Crippen molar-refractivity contribution in [1.29, 1.82) is 0 Å². The van der Waals surface area contributed by atoms with Gasteiger partial charge < -0.3 is 9.64 Å². The Bertz CT molecular complexity index is 717. The number of piperazine rings is 1. The molecule has 1 unspecified atom stereocenters. The van der Waals surface area contributed by atoms with Crippen molar-refractivity contribution in [1.82, 2.24) is 9.80 Å². The van der Waals surface area contributed by atoms with E-state index < -0.39 is 29.8 Å². The third-order valence-corrected chi connectivity index (χ3v) is 4.48. The van der Waals surface area contributed by atoms with E-state index in [1.807, 2.05) is 0 Å². The first-order chi connectivity index (χ1) is 12.3. The average molecular weight is 472 g/mol. The molecule has 0 aromatic heterocycles. The predicted molar refractivity (Wildman–Crippen MR) is 97.5 cm³/mol. The van der Waals surface area contributed by atoms with Crippen molar-refractivity contribution < 1.29 is 27.5 Å². The lowest BCUT2D eigenvalue weighted by Crippen LogP contribution is -2.55. The van der Waals surface area contributed by atoms with Crippen molar-refractivity contribution in [2.75, 3.05) is 19.6 Å². The highest BCUT2D eigenvalue weighted by molar-refractivity contribution is 9.10. The smallest absolute Gasteiger partial charge is 0.444 e. The van der Waals surface area contributed by atoms with E-state index in [2.05, 4.69) is 15.9 Å². The number of carbonyl (C=O) groups excluding carboxylic acids is 2. The molecule has 1 heterocycles. The van der Waals surface area contributed by atoms with Gasteiger partial charge in [0.25, 0.3) is 0 Å². The average Bonchev–Trinajstić information content (AvgIpc) is 2.50. The summed E-state index contributed by atoms with van der Waals surface area (Å²) in [5, 5.41) is 0.350. The third-order valence-electron chi connectivity index (χ3n) is 3.81. The number of alkyl halides is 3. The molecule has 1 atom stereocenters. The summed E-state index contributed by atoms with van der Waals surface area (Å²) in [5.74, 6) is -1.93. The van der Waals surface area contributed by atoms with Crippen molar-refractivity contribution in [2.45, 2.75) is 38.6 Å². The lowest BCUT2D eigenvalue weighted by atomic mass is 10.0. The zero-order chi connectivity index (χ0) is 20.6. The maximum absolute atomic E-state index is 12.8. The van der Waals surface area contributed by atoms with Crippen LogP contribution in [0.1, 0.15) is 32.4 Å². The van der Waals surface area contributed by atoms with E-state index in [4.69, 9.17) is 16.3 Å². The number of carbonyl (C=O) groups is 2. The van der Waals surface area contributed by atoms with E-state index >= 15 is 0 Å². The number of hydrogen-bond donors (Lipinski definition) is 0. The first-order valence-electron chi connectivity index (χ1n) is 8.09. The van der Waals surface area contributed by atoms with Gasteiger partial charge in [-0.25, -0.2) is 4.79 Å². The molecule has 0 radical (unpaired) electrons. The van der Waals surface area contributed by atoms with E-state index in [-0.39, 0.29) is 19.6 Å². The van der Waals surface area contributed by atoms with Crippen molar-refractivity contribution in [3.63, 3.8) is 0 Å². The van der Waals surface area contributed by atoms with Crippen LogP contribution in [0, 0.1) is 0 Å². The van der Waals surface area contributed by atoms with Crippen molar-refractivity contribution in [3.8, 4) is 0 Å². The molecule has 0 N–H and O–H groups in total. The van der Waals surface area contributed by atoms with Gasteiger partial charge >= 0.3 is 18.2 Å². The molecular formula is C17H19BrClF3N2O3. The Kier molecular flexibility index (Phi) is 6.36. The number of rotatable bonds is 1. The Morgan fingerprint density at radius 2 is 1.81 bits per heavy atom. The second-order valence-electron chi connectivity index (χ2n) is 7.14. The van der Waals surface area contributed by atoms with E-state index in [0.29, 0.717) is 20.0 Å². The van der Waals surface area contributed by atoms with Gasteiger partial charge in [-0.15, -0.1) is 0 Å². The summed E-state index contributed by atoms with van der Waals surface area (Å²) < 4.78 is 44.5. The van der Waals surface area contributed by atoms with Gasteiger partial charge in [-0.3, -0.25) is 9.69 Å². The molecule has 0 bridgehead atoms. The molecule has 2 rings (SSSR count). The van der Waals surface area contributed by atoms with Crippen molar-refractivity contribution >= 4 is 39.5 Å². The van der Waals surface area contributed by atoms with Crippen LogP contribution in [0.5, 0.6) is 0 Å². The fourth-order valence-corrected chi connectivity index (χ4v) is 3.62. The molecule has 150 valence electrons. The van der Waals surface area contributed by atoms with E-state index in [1.54, 1.807) is 39.0 Å². The minimum atomic E-state index is -4.98. The van der Waals surface area contributed by atoms with Gasteiger partial charge in [-0.2, -0.15) is 13.2 Å². The van der Waals surface area contributed by atoms with Crippen LogP contribution in [-0.2, 0) is 9.53 Å². The highest BCUT2D eigenvalue weighted by atomic mass is 79.9. The lowest BCUT2D eigenvalue weighted by Gasteiger charge is -2.42. The van der Waals surface area contributed by atoms with Crippen LogP contribution >= 0.6 is 27.5 Å². The molecule has 1 aromatic rings. The first-order valence-corrected chi connectivity index (χ1v) is 9.27. The summed E-state index contributed by atoms with van der Waals surface area (Å²) in [7, 11) is 0. The summed E-state index contributed by atoms with van der Waals surface area (Å²) in [6.45, 7) is 4.43. The fraction of sp³-hybridized carbons (Fsp3) is 0.529. The molecule has 27 heavy (non-hydrogen) atoms. The Hall–Kier alpha value is -1.48. The quantitative estimate of drug-likeness (QED) is 0.592. The van der Waals surface area contributed by atoms with Crippen LogP contribution in [0.4, 0.5) is 18.0 Å². The molecule has 1 saturated heterocycles. The van der Waals surface area contributed by atoms with Gasteiger partial charge in [-0.1, -0.05) is 27.5 Å². The highest BCUT2D eigenvalue weighted by Gasteiger charge is 2.46. The minimum absolute atomic E-state index is 0.0917. The molecule has 1 aliphatic heterocycles. The molecule has 2 amide bonds. The minimum Gasteiger partial charge on any atom is -0.444 e. The number of benzene rings is 1. The summed E-state index contributed by atoms with van der Waals surface area (Å²) in [4.78, 5) is 26.3. The van der Waals surface area contributed by atoms with Gasteiger partial charge in [0.15, 0.2) is 0 Å². The Morgan fingerprint density at radius 1 is 1.19 bits per heavy atom. The van der Waals surface area contributed by atoms with Crippen LogP contribution in [0.15, 0.2) is 22.7 Å². The van der Waals surface area contributed by atoms with Crippen molar-refractivity contribution in [2.24, 2.45) is 0 Å². The van der Waals surface area contributed by atoms with Gasteiger partial charge in [0.05, 0.1) is 6.04 Å². The predicted octanol–water partition coefficient (Wildman–Crippen LogP) is 4.79. The SMILES string of the molecule is CC(C)(C)OC(=O)N1CCN(C(=O)C(F)(F)F)CC1c1cc(Cl)cc(Br)c1. The van der Waals surface area contributed by atoms with Gasteiger partial charge in [0.1, 0.15) is 5.60 Å².